The Morgan fingerprint density at radius 1 is 1.17 bits per heavy atom. The normalized spacial score (nSPS) is 56.6. The first kappa shape index (κ1) is 14.3. The number of fused-ring (bicyclic) bond motifs is 8. The van der Waals surface area contributed by atoms with Crippen molar-refractivity contribution in [1.82, 2.24) is 0 Å². The van der Waals surface area contributed by atoms with Crippen molar-refractivity contribution in [3.8, 4) is 6.07 Å². The second kappa shape index (κ2) is 4.29. The first-order valence-electron chi connectivity index (χ1n) is 9.63. The summed E-state index contributed by atoms with van der Waals surface area (Å²) in [5.41, 5.74) is 2.08. The average molecular weight is 309 g/mol. The molecule has 2 nitrogen and oxygen atoms in total. The van der Waals surface area contributed by atoms with Crippen LogP contribution in [0.25, 0.3) is 0 Å². The number of carbonyl (C=O) groups excluding carboxylic acids is 1. The number of carbonyl (C=O) groups is 1. The van der Waals surface area contributed by atoms with Crippen LogP contribution in [0.4, 0.5) is 0 Å². The van der Waals surface area contributed by atoms with Crippen LogP contribution in [-0.4, -0.2) is 5.78 Å². The Hall–Kier alpha value is -1.10. The predicted molar refractivity (Wildman–Crippen MR) is 88.2 cm³/mol. The summed E-state index contributed by atoms with van der Waals surface area (Å²) < 4.78 is 0. The van der Waals surface area contributed by atoms with Gasteiger partial charge in [-0.2, -0.15) is 5.26 Å². The molecule has 0 aromatic carbocycles. The summed E-state index contributed by atoms with van der Waals surface area (Å²) in [6.45, 7) is 4.89. The molecule has 4 unspecified atom stereocenters. The lowest BCUT2D eigenvalue weighted by atomic mass is 9.47. The van der Waals surface area contributed by atoms with E-state index in [0.717, 1.165) is 42.9 Å². The van der Waals surface area contributed by atoms with Crippen LogP contribution in [0.15, 0.2) is 11.6 Å². The molecule has 5 aliphatic rings. The van der Waals surface area contributed by atoms with Crippen molar-refractivity contribution < 1.29 is 4.79 Å². The largest absolute Gasteiger partial charge is 0.295 e. The third kappa shape index (κ3) is 1.62. The third-order valence-corrected chi connectivity index (χ3v) is 8.91. The topological polar surface area (TPSA) is 40.9 Å². The van der Waals surface area contributed by atoms with E-state index in [1.165, 1.54) is 31.3 Å². The molecular formula is C21H27NO. The fourth-order valence-electron chi connectivity index (χ4n) is 7.61. The van der Waals surface area contributed by atoms with Crippen LogP contribution in [0, 0.1) is 57.7 Å². The van der Waals surface area contributed by atoms with Crippen molar-refractivity contribution in [1.29, 1.82) is 5.26 Å². The van der Waals surface area contributed by atoms with Crippen LogP contribution in [-0.2, 0) is 4.79 Å². The predicted octanol–water partition coefficient (Wildman–Crippen LogP) is 4.51. The molecule has 23 heavy (non-hydrogen) atoms. The summed E-state index contributed by atoms with van der Waals surface area (Å²) in [5.74, 6) is 4.53. The highest BCUT2D eigenvalue weighted by molar-refractivity contribution is 5.92. The third-order valence-electron chi connectivity index (χ3n) is 8.91. The van der Waals surface area contributed by atoms with E-state index in [-0.39, 0.29) is 16.7 Å². The van der Waals surface area contributed by atoms with Crippen molar-refractivity contribution in [2.75, 3.05) is 0 Å². The fourth-order valence-corrected chi connectivity index (χ4v) is 7.61. The first-order valence-corrected chi connectivity index (χ1v) is 9.63. The van der Waals surface area contributed by atoms with E-state index >= 15 is 0 Å². The fraction of sp³-hybridized carbons (Fsp3) is 0.810. The molecule has 0 spiro atoms. The van der Waals surface area contributed by atoms with E-state index < -0.39 is 0 Å². The highest BCUT2D eigenvalue weighted by Gasteiger charge is 2.67. The van der Waals surface area contributed by atoms with Gasteiger partial charge in [-0.15, -0.1) is 0 Å². The van der Waals surface area contributed by atoms with Gasteiger partial charge in [-0.1, -0.05) is 19.4 Å². The summed E-state index contributed by atoms with van der Waals surface area (Å²) in [7, 11) is 0. The summed E-state index contributed by atoms with van der Waals surface area (Å²) in [6.07, 6.45) is 10.1. The zero-order chi connectivity index (χ0) is 16.0. The Morgan fingerprint density at radius 2 is 2.00 bits per heavy atom. The van der Waals surface area contributed by atoms with Gasteiger partial charge in [-0.3, -0.25) is 4.79 Å². The molecule has 0 radical (unpaired) electrons. The molecule has 0 N–H and O–H groups in total. The first-order chi connectivity index (χ1) is 11.0. The van der Waals surface area contributed by atoms with Gasteiger partial charge < -0.3 is 0 Å². The van der Waals surface area contributed by atoms with Crippen molar-refractivity contribution in [2.24, 2.45) is 46.3 Å². The lowest BCUT2D eigenvalue weighted by Crippen LogP contribution is -2.51. The summed E-state index contributed by atoms with van der Waals surface area (Å²) in [5, 5.41) is 9.61. The van der Waals surface area contributed by atoms with E-state index in [2.05, 4.69) is 19.9 Å². The molecular weight excluding hydrogens is 282 g/mol. The van der Waals surface area contributed by atoms with Gasteiger partial charge in [0.2, 0.25) is 0 Å². The zero-order valence-corrected chi connectivity index (χ0v) is 14.3. The number of ketones is 1. The van der Waals surface area contributed by atoms with E-state index in [1.54, 1.807) is 0 Å². The minimum absolute atomic E-state index is 0.269. The SMILES string of the molecule is C[C@]12CCC(=O)C=C1C1C[C@H]1C1C2CC[C@@]2(C)C1CC[C@@H]2C#N. The summed E-state index contributed by atoms with van der Waals surface area (Å²) in [6, 6.07) is 2.64. The van der Waals surface area contributed by atoms with Crippen LogP contribution >= 0.6 is 0 Å². The number of rotatable bonds is 0. The Labute approximate surface area is 139 Å². The molecule has 0 amide bonds. The van der Waals surface area contributed by atoms with Gasteiger partial charge >= 0.3 is 0 Å². The van der Waals surface area contributed by atoms with Crippen LogP contribution in [0.5, 0.6) is 0 Å². The Balaban J connectivity index is 1.57. The number of nitrogens with zero attached hydrogens (tertiary/aromatic N) is 1. The standard InChI is InChI=1S/C21H27NO/c1-20-8-6-17-19(16(20)4-3-12(20)11-22)15-10-14(15)18-9-13(23)5-7-21(17,18)2/h9,12,14-17,19H,3-8,10H2,1-2H3/t12-,14?,15-,16?,17?,19?,20-,21-/m1/s1. The molecule has 0 aromatic rings. The maximum Gasteiger partial charge on any atom is 0.155 e. The smallest absolute Gasteiger partial charge is 0.155 e. The van der Waals surface area contributed by atoms with E-state index in [1.807, 2.05) is 6.08 Å². The van der Waals surface area contributed by atoms with Crippen molar-refractivity contribution in [3.05, 3.63) is 11.6 Å². The van der Waals surface area contributed by atoms with Crippen molar-refractivity contribution in [2.45, 2.75) is 58.8 Å². The highest BCUT2D eigenvalue weighted by atomic mass is 16.1. The van der Waals surface area contributed by atoms with Gasteiger partial charge in [-0.05, 0) is 85.0 Å². The van der Waals surface area contributed by atoms with Gasteiger partial charge in [0.05, 0.1) is 12.0 Å². The number of nitriles is 1. The van der Waals surface area contributed by atoms with E-state index in [0.29, 0.717) is 11.7 Å². The molecule has 2 heteroatoms. The average Bonchev–Trinajstić information content (AvgIpc) is 3.24. The molecule has 0 bridgehead atoms. The maximum atomic E-state index is 12.0. The molecule has 122 valence electrons. The minimum Gasteiger partial charge on any atom is -0.295 e. The quantitative estimate of drug-likeness (QED) is 0.660. The molecule has 5 rings (SSSR count). The molecule has 4 saturated carbocycles. The Bertz CT molecular complexity index is 657. The highest BCUT2D eigenvalue weighted by Crippen LogP contribution is 2.74. The Morgan fingerprint density at radius 3 is 2.78 bits per heavy atom. The second-order valence-corrected chi connectivity index (χ2v) is 9.58. The lowest BCUT2D eigenvalue weighted by Gasteiger charge is -2.57. The van der Waals surface area contributed by atoms with Gasteiger partial charge in [0.15, 0.2) is 5.78 Å². The summed E-state index contributed by atoms with van der Waals surface area (Å²) in [4.78, 5) is 12.0. The van der Waals surface area contributed by atoms with Crippen LogP contribution in [0.1, 0.15) is 58.8 Å². The molecule has 8 atom stereocenters. The number of hydrogen-bond acceptors (Lipinski definition) is 2. The van der Waals surface area contributed by atoms with Crippen molar-refractivity contribution in [3.63, 3.8) is 0 Å². The van der Waals surface area contributed by atoms with Crippen LogP contribution in [0.3, 0.4) is 0 Å². The minimum atomic E-state index is 0.269. The van der Waals surface area contributed by atoms with Gasteiger partial charge in [0, 0.05) is 6.42 Å². The van der Waals surface area contributed by atoms with Crippen LogP contribution in [0.2, 0.25) is 0 Å². The second-order valence-electron chi connectivity index (χ2n) is 9.58. The van der Waals surface area contributed by atoms with Crippen molar-refractivity contribution >= 4 is 5.78 Å². The van der Waals surface area contributed by atoms with Gasteiger partial charge in [-0.25, -0.2) is 0 Å². The monoisotopic (exact) mass is 309 g/mol. The molecule has 4 fully saturated rings. The molecule has 0 saturated heterocycles. The molecule has 0 aliphatic heterocycles. The van der Waals surface area contributed by atoms with E-state index in [4.69, 9.17) is 0 Å². The number of hydrogen-bond donors (Lipinski definition) is 0. The van der Waals surface area contributed by atoms with Gasteiger partial charge in [0.25, 0.3) is 0 Å². The van der Waals surface area contributed by atoms with Crippen LogP contribution < -0.4 is 0 Å². The molecule has 0 aromatic heterocycles. The molecule has 0 heterocycles. The van der Waals surface area contributed by atoms with Gasteiger partial charge in [0.1, 0.15) is 0 Å². The van der Waals surface area contributed by atoms with E-state index in [9.17, 15) is 10.1 Å². The maximum absolute atomic E-state index is 12.0. The number of allylic oxidation sites excluding steroid dienone is 1. The Kier molecular flexibility index (Phi) is 2.66. The molecule has 5 aliphatic carbocycles. The zero-order valence-electron chi connectivity index (χ0n) is 14.3. The summed E-state index contributed by atoms with van der Waals surface area (Å²) >= 11 is 0. The lowest BCUT2D eigenvalue weighted by molar-refractivity contribution is -0.117.